The highest BCUT2D eigenvalue weighted by atomic mass is 16.5. The summed E-state index contributed by atoms with van der Waals surface area (Å²) in [6.45, 7) is 0.834. The van der Waals surface area contributed by atoms with Gasteiger partial charge in [-0.25, -0.2) is 4.98 Å². The normalized spacial score (nSPS) is 14.0. The van der Waals surface area contributed by atoms with Gasteiger partial charge in [-0.05, 0) is 18.2 Å². The second-order valence-corrected chi connectivity index (χ2v) is 5.50. The van der Waals surface area contributed by atoms with Gasteiger partial charge in [0.15, 0.2) is 11.5 Å². The van der Waals surface area contributed by atoms with Crippen molar-refractivity contribution in [3.63, 3.8) is 0 Å². The lowest BCUT2D eigenvalue weighted by Crippen LogP contribution is -2.56. The maximum atomic E-state index is 12.4. The highest BCUT2D eigenvalue weighted by Gasteiger charge is 2.34. The molecule has 1 saturated heterocycles. The van der Waals surface area contributed by atoms with Crippen molar-refractivity contribution in [2.75, 3.05) is 13.1 Å². The molecule has 4 rings (SSSR count). The third kappa shape index (κ3) is 2.95. The predicted octanol–water partition coefficient (Wildman–Crippen LogP) is 2.10. The van der Waals surface area contributed by atoms with Crippen LogP contribution in [0.1, 0.15) is 16.1 Å². The molecule has 0 bridgehead atoms. The summed E-state index contributed by atoms with van der Waals surface area (Å²) in [4.78, 5) is 18.0. The van der Waals surface area contributed by atoms with Gasteiger partial charge in [0.25, 0.3) is 5.91 Å². The van der Waals surface area contributed by atoms with E-state index in [1.165, 1.54) is 12.5 Å². The van der Waals surface area contributed by atoms with Gasteiger partial charge in [0.1, 0.15) is 6.10 Å². The van der Waals surface area contributed by atoms with E-state index in [1.807, 2.05) is 6.07 Å². The van der Waals surface area contributed by atoms with Crippen LogP contribution in [-0.4, -0.2) is 40.1 Å². The lowest BCUT2D eigenvalue weighted by Gasteiger charge is -2.38. The summed E-state index contributed by atoms with van der Waals surface area (Å²) in [6.07, 6.45) is 2.87. The van der Waals surface area contributed by atoms with E-state index in [9.17, 15) is 4.79 Å². The topological polar surface area (TPSA) is 105 Å². The maximum Gasteiger partial charge on any atom is 0.276 e. The second kappa shape index (κ2) is 6.13. The minimum absolute atomic E-state index is 0.165. The number of hydrogen-bond acceptors (Lipinski definition) is 7. The van der Waals surface area contributed by atoms with Gasteiger partial charge >= 0.3 is 0 Å². The quantitative estimate of drug-likeness (QED) is 0.718. The zero-order valence-electron chi connectivity index (χ0n) is 13.0. The highest BCUT2D eigenvalue weighted by Crippen LogP contribution is 2.23. The molecule has 3 aromatic rings. The van der Waals surface area contributed by atoms with E-state index in [2.05, 4.69) is 10.1 Å². The van der Waals surface area contributed by atoms with Gasteiger partial charge in [0, 0.05) is 18.3 Å². The van der Waals surface area contributed by atoms with E-state index in [-0.39, 0.29) is 17.7 Å². The van der Waals surface area contributed by atoms with E-state index in [1.54, 1.807) is 35.2 Å². The van der Waals surface area contributed by atoms with Gasteiger partial charge in [0.05, 0.1) is 31.0 Å². The Hall–Kier alpha value is -3.60. The largest absolute Gasteiger partial charge is 0.471 e. The van der Waals surface area contributed by atoms with E-state index < -0.39 is 0 Å². The monoisotopic (exact) mass is 336 g/mol. The fraction of sp³-hybridized carbons (Fsp3) is 0.176. The van der Waals surface area contributed by atoms with Crippen LogP contribution in [-0.2, 0) is 0 Å². The second-order valence-electron chi connectivity index (χ2n) is 5.50. The number of pyridine rings is 1. The lowest BCUT2D eigenvalue weighted by molar-refractivity contribution is 0.0153. The summed E-state index contributed by atoms with van der Waals surface area (Å²) < 4.78 is 16.0. The molecule has 4 heterocycles. The minimum atomic E-state index is -0.236. The Morgan fingerprint density at radius 1 is 1.32 bits per heavy atom. The molecule has 0 saturated carbocycles. The zero-order chi connectivity index (χ0) is 17.2. The Morgan fingerprint density at radius 2 is 2.20 bits per heavy atom. The van der Waals surface area contributed by atoms with Crippen LogP contribution in [0.2, 0.25) is 0 Å². The first kappa shape index (κ1) is 15.0. The molecule has 0 atom stereocenters. The van der Waals surface area contributed by atoms with Crippen molar-refractivity contribution in [2.45, 2.75) is 6.10 Å². The Balaban J connectivity index is 1.36. The highest BCUT2D eigenvalue weighted by molar-refractivity contribution is 5.93. The lowest BCUT2D eigenvalue weighted by atomic mass is 10.1. The molecule has 3 aromatic heterocycles. The minimum Gasteiger partial charge on any atom is -0.471 e. The summed E-state index contributed by atoms with van der Waals surface area (Å²) >= 11 is 0. The van der Waals surface area contributed by atoms with Gasteiger partial charge in [-0.2, -0.15) is 5.26 Å². The van der Waals surface area contributed by atoms with Crippen molar-refractivity contribution < 1.29 is 18.5 Å². The fourth-order valence-electron chi connectivity index (χ4n) is 2.47. The molecular weight excluding hydrogens is 324 g/mol. The molecule has 0 unspecified atom stereocenters. The van der Waals surface area contributed by atoms with E-state index in [0.717, 1.165) is 0 Å². The molecule has 1 aliphatic heterocycles. The van der Waals surface area contributed by atoms with Crippen molar-refractivity contribution in [1.82, 2.24) is 15.0 Å². The van der Waals surface area contributed by atoms with Crippen molar-refractivity contribution in [1.29, 1.82) is 5.26 Å². The molecule has 124 valence electrons. The van der Waals surface area contributed by atoms with Crippen LogP contribution in [0.5, 0.6) is 5.88 Å². The summed E-state index contributed by atoms with van der Waals surface area (Å²) in [6, 6.07) is 10.2. The van der Waals surface area contributed by atoms with Crippen molar-refractivity contribution in [3.8, 4) is 23.5 Å². The summed E-state index contributed by atoms with van der Waals surface area (Å²) in [5.41, 5.74) is 0.694. The molecule has 0 spiro atoms. The van der Waals surface area contributed by atoms with Gasteiger partial charge in [-0.3, -0.25) is 4.79 Å². The third-order valence-electron chi connectivity index (χ3n) is 3.78. The first-order valence-electron chi connectivity index (χ1n) is 7.55. The molecule has 25 heavy (non-hydrogen) atoms. The fourth-order valence-corrected chi connectivity index (χ4v) is 2.47. The maximum absolute atomic E-state index is 12.4. The van der Waals surface area contributed by atoms with E-state index >= 15 is 0 Å². The van der Waals surface area contributed by atoms with Crippen molar-refractivity contribution in [2.24, 2.45) is 0 Å². The Kier molecular flexibility index (Phi) is 3.67. The Labute approximate surface area is 142 Å². The molecule has 8 nitrogen and oxygen atoms in total. The Bertz CT molecular complexity index is 936. The van der Waals surface area contributed by atoms with Crippen LogP contribution in [0, 0.1) is 11.3 Å². The number of ether oxygens (including phenoxy) is 1. The number of carbonyl (C=O) groups excluding carboxylic acids is 1. The molecule has 1 aliphatic rings. The molecule has 1 fully saturated rings. The summed E-state index contributed by atoms with van der Waals surface area (Å²) in [5, 5.41) is 12.7. The van der Waals surface area contributed by atoms with Crippen LogP contribution < -0.4 is 4.74 Å². The predicted molar refractivity (Wildman–Crippen MR) is 83.5 cm³/mol. The number of rotatable bonds is 4. The van der Waals surface area contributed by atoms with Crippen LogP contribution in [0.15, 0.2) is 51.7 Å². The number of nitrogens with zero attached hydrogens (tertiary/aromatic N) is 4. The smallest absolute Gasteiger partial charge is 0.276 e. The van der Waals surface area contributed by atoms with Gasteiger partial charge in [0.2, 0.25) is 11.6 Å². The average Bonchev–Trinajstić information content (AvgIpc) is 3.28. The molecule has 0 N–H and O–H groups in total. The van der Waals surface area contributed by atoms with Crippen LogP contribution in [0.3, 0.4) is 0 Å². The Morgan fingerprint density at radius 3 is 2.96 bits per heavy atom. The van der Waals surface area contributed by atoms with E-state index in [0.29, 0.717) is 36.1 Å². The van der Waals surface area contributed by atoms with Gasteiger partial charge in [-0.1, -0.05) is 5.16 Å². The molecule has 0 aromatic carbocycles. The number of likely N-dealkylation sites (tertiary alicyclic amines) is 1. The number of aromatic nitrogens is 2. The first-order chi connectivity index (χ1) is 12.2. The van der Waals surface area contributed by atoms with Crippen LogP contribution >= 0.6 is 0 Å². The van der Waals surface area contributed by atoms with Crippen molar-refractivity contribution in [3.05, 3.63) is 54.0 Å². The van der Waals surface area contributed by atoms with E-state index in [4.69, 9.17) is 18.9 Å². The standard InChI is InChI=1S/C17H12N4O4/c18-8-11-3-4-19-16(6-11)24-12-9-21(10-12)17(22)13-7-15(25-20-13)14-2-1-5-23-14/h1-7,12H,9-10H2. The number of nitriles is 1. The molecule has 0 radical (unpaired) electrons. The molecular formula is C17H12N4O4. The van der Waals surface area contributed by atoms with Gasteiger partial charge < -0.3 is 18.6 Å². The molecule has 8 heteroatoms. The van der Waals surface area contributed by atoms with Crippen LogP contribution in [0.4, 0.5) is 0 Å². The first-order valence-corrected chi connectivity index (χ1v) is 7.55. The third-order valence-corrected chi connectivity index (χ3v) is 3.78. The zero-order valence-corrected chi connectivity index (χ0v) is 13.0. The van der Waals surface area contributed by atoms with Gasteiger partial charge in [-0.15, -0.1) is 0 Å². The van der Waals surface area contributed by atoms with Crippen molar-refractivity contribution >= 4 is 5.91 Å². The number of carbonyl (C=O) groups is 1. The average molecular weight is 336 g/mol. The SMILES string of the molecule is N#Cc1ccnc(OC2CN(C(=O)c3cc(-c4ccco4)on3)C2)c1. The molecule has 0 aliphatic carbocycles. The summed E-state index contributed by atoms with van der Waals surface area (Å²) in [5.74, 6) is 1.05. The number of amides is 1. The van der Waals surface area contributed by atoms with Crippen LogP contribution in [0.25, 0.3) is 11.5 Å². The number of hydrogen-bond donors (Lipinski definition) is 0. The molecule has 1 amide bonds. The number of furan rings is 1. The summed E-state index contributed by atoms with van der Waals surface area (Å²) in [7, 11) is 0.